The van der Waals surface area contributed by atoms with E-state index < -0.39 is 42.1 Å². The number of carboxylic acid groups (broad SMARTS) is 2. The van der Waals surface area contributed by atoms with Gasteiger partial charge >= 0.3 is 11.9 Å². The molecule has 0 aromatic heterocycles. The Kier molecular flexibility index (Phi) is 3.60. The Bertz CT molecular complexity index is 570. The number of carbonyl (C=O) groups is 3. The van der Waals surface area contributed by atoms with Crippen LogP contribution in [0.4, 0.5) is 0 Å². The Morgan fingerprint density at radius 1 is 1.20 bits per heavy atom. The van der Waals surface area contributed by atoms with E-state index in [0.29, 0.717) is 0 Å². The summed E-state index contributed by atoms with van der Waals surface area (Å²) in [6.45, 7) is 0. The number of hydrogen-bond acceptors (Lipinski definition) is 4. The first kappa shape index (κ1) is 13.9. The van der Waals surface area contributed by atoms with Crippen LogP contribution in [0.15, 0.2) is 24.3 Å². The SMILES string of the molecule is O=C(O)C[C@@H]1[C@@H](C(=O)O)NC(=O)[C@@H]1c1ccccc1O. The van der Waals surface area contributed by atoms with Crippen molar-refractivity contribution in [3.05, 3.63) is 29.8 Å². The van der Waals surface area contributed by atoms with Crippen LogP contribution in [-0.4, -0.2) is 39.2 Å². The van der Waals surface area contributed by atoms with E-state index in [1.165, 1.54) is 12.1 Å². The van der Waals surface area contributed by atoms with Crippen molar-refractivity contribution in [1.82, 2.24) is 5.32 Å². The van der Waals surface area contributed by atoms with Crippen LogP contribution in [0, 0.1) is 5.92 Å². The maximum absolute atomic E-state index is 12.0. The lowest BCUT2D eigenvalue weighted by Crippen LogP contribution is -2.37. The van der Waals surface area contributed by atoms with Crippen LogP contribution >= 0.6 is 0 Å². The molecule has 0 spiro atoms. The fourth-order valence-corrected chi connectivity index (χ4v) is 2.54. The minimum Gasteiger partial charge on any atom is -0.508 e. The molecule has 20 heavy (non-hydrogen) atoms. The average molecular weight is 279 g/mol. The summed E-state index contributed by atoms with van der Waals surface area (Å²) >= 11 is 0. The number of hydrogen-bond donors (Lipinski definition) is 4. The molecule has 1 aromatic carbocycles. The summed E-state index contributed by atoms with van der Waals surface area (Å²) in [5.41, 5.74) is 0.236. The normalized spacial score (nSPS) is 25.2. The predicted molar refractivity (Wildman–Crippen MR) is 66.2 cm³/mol. The van der Waals surface area contributed by atoms with Crippen LogP contribution in [0.5, 0.6) is 5.75 Å². The second-order valence-electron chi connectivity index (χ2n) is 4.62. The van der Waals surface area contributed by atoms with Crippen LogP contribution in [-0.2, 0) is 14.4 Å². The van der Waals surface area contributed by atoms with Gasteiger partial charge in [-0.25, -0.2) is 4.79 Å². The molecule has 0 unspecified atom stereocenters. The topological polar surface area (TPSA) is 124 Å². The highest BCUT2D eigenvalue weighted by atomic mass is 16.4. The van der Waals surface area contributed by atoms with Gasteiger partial charge in [-0.3, -0.25) is 9.59 Å². The minimum absolute atomic E-state index is 0.158. The van der Waals surface area contributed by atoms with E-state index in [1.54, 1.807) is 12.1 Å². The van der Waals surface area contributed by atoms with Crippen LogP contribution in [0.1, 0.15) is 17.9 Å². The zero-order valence-corrected chi connectivity index (χ0v) is 10.3. The standard InChI is InChI=1S/C13H13NO6/c15-8-4-2-1-3-6(8)10-7(5-9(16)17)11(13(19)20)14-12(10)18/h1-4,7,10-11,15H,5H2,(H,14,18)(H,16,17)(H,19,20)/t7-,10+,11-/m0/s1. The zero-order chi connectivity index (χ0) is 14.9. The van der Waals surface area contributed by atoms with E-state index in [1.807, 2.05) is 0 Å². The summed E-state index contributed by atoms with van der Waals surface area (Å²) in [4.78, 5) is 34.0. The number of nitrogens with one attached hydrogen (secondary N) is 1. The summed E-state index contributed by atoms with van der Waals surface area (Å²) in [6, 6.07) is 4.73. The van der Waals surface area contributed by atoms with Gasteiger partial charge in [0.05, 0.1) is 12.3 Å². The van der Waals surface area contributed by atoms with E-state index in [9.17, 15) is 19.5 Å². The van der Waals surface area contributed by atoms with Crippen LogP contribution in [0.25, 0.3) is 0 Å². The van der Waals surface area contributed by atoms with Crippen LogP contribution in [0.3, 0.4) is 0 Å². The lowest BCUT2D eigenvalue weighted by atomic mass is 9.82. The van der Waals surface area contributed by atoms with Crippen molar-refractivity contribution in [2.75, 3.05) is 0 Å². The number of phenols is 1. The highest BCUT2D eigenvalue weighted by molar-refractivity contribution is 5.94. The van der Waals surface area contributed by atoms with Crippen molar-refractivity contribution in [2.24, 2.45) is 5.92 Å². The molecule has 3 atom stereocenters. The fourth-order valence-electron chi connectivity index (χ4n) is 2.54. The summed E-state index contributed by atoms with van der Waals surface area (Å²) in [5, 5.41) is 30.0. The molecule has 1 aliphatic rings. The van der Waals surface area contributed by atoms with Gasteiger partial charge in [-0.1, -0.05) is 18.2 Å². The lowest BCUT2D eigenvalue weighted by molar-refractivity contribution is -0.142. The van der Waals surface area contributed by atoms with E-state index in [4.69, 9.17) is 10.2 Å². The lowest BCUT2D eigenvalue weighted by Gasteiger charge is -2.19. The monoisotopic (exact) mass is 279 g/mol. The van der Waals surface area contributed by atoms with Gasteiger partial charge in [-0.05, 0) is 6.07 Å². The van der Waals surface area contributed by atoms with Gasteiger partial charge in [0.25, 0.3) is 0 Å². The molecule has 106 valence electrons. The number of carbonyl (C=O) groups excluding carboxylic acids is 1. The molecule has 1 fully saturated rings. The van der Waals surface area contributed by atoms with E-state index in [-0.39, 0.29) is 11.3 Å². The van der Waals surface area contributed by atoms with Crippen molar-refractivity contribution in [2.45, 2.75) is 18.4 Å². The third-order valence-electron chi connectivity index (χ3n) is 3.38. The molecule has 1 heterocycles. The second kappa shape index (κ2) is 5.20. The Morgan fingerprint density at radius 2 is 1.85 bits per heavy atom. The molecule has 4 N–H and O–H groups in total. The molecule has 7 nitrogen and oxygen atoms in total. The first-order valence-electron chi connectivity index (χ1n) is 5.94. The van der Waals surface area contributed by atoms with Crippen LogP contribution in [0.2, 0.25) is 0 Å². The maximum atomic E-state index is 12.0. The third-order valence-corrected chi connectivity index (χ3v) is 3.38. The third kappa shape index (κ3) is 2.42. The Balaban J connectivity index is 2.43. The van der Waals surface area contributed by atoms with Crippen molar-refractivity contribution < 1.29 is 29.7 Å². The molecule has 0 radical (unpaired) electrons. The van der Waals surface area contributed by atoms with E-state index >= 15 is 0 Å². The van der Waals surface area contributed by atoms with Crippen molar-refractivity contribution in [3.8, 4) is 5.75 Å². The average Bonchev–Trinajstić information content (AvgIpc) is 2.67. The van der Waals surface area contributed by atoms with Crippen molar-refractivity contribution >= 4 is 17.8 Å². The maximum Gasteiger partial charge on any atom is 0.326 e. The number of rotatable bonds is 4. The van der Waals surface area contributed by atoms with Gasteiger partial charge in [0.15, 0.2) is 0 Å². The predicted octanol–water partition coefficient (Wildman–Crippen LogP) is 0.150. The molecular formula is C13H13NO6. The Morgan fingerprint density at radius 3 is 2.40 bits per heavy atom. The number of benzene rings is 1. The molecule has 1 saturated heterocycles. The molecule has 7 heteroatoms. The summed E-state index contributed by atoms with van der Waals surface area (Å²) in [5.74, 6) is -5.18. The smallest absolute Gasteiger partial charge is 0.326 e. The zero-order valence-electron chi connectivity index (χ0n) is 10.3. The largest absolute Gasteiger partial charge is 0.508 e. The number of para-hydroxylation sites is 1. The second-order valence-corrected chi connectivity index (χ2v) is 4.62. The number of carboxylic acids is 2. The van der Waals surface area contributed by atoms with Gasteiger partial charge in [0.1, 0.15) is 11.8 Å². The van der Waals surface area contributed by atoms with Gasteiger partial charge in [-0.2, -0.15) is 0 Å². The van der Waals surface area contributed by atoms with E-state index in [0.717, 1.165) is 0 Å². The quantitative estimate of drug-likeness (QED) is 0.622. The summed E-state index contributed by atoms with van der Waals surface area (Å²) in [7, 11) is 0. The number of aromatic hydroxyl groups is 1. The number of aliphatic carboxylic acids is 2. The van der Waals surface area contributed by atoms with Gasteiger partial charge in [0, 0.05) is 11.5 Å². The van der Waals surface area contributed by atoms with Crippen molar-refractivity contribution in [1.29, 1.82) is 0 Å². The number of phenolic OH excluding ortho intramolecular Hbond substituents is 1. The molecule has 1 amide bonds. The Labute approximate surface area is 113 Å². The first-order chi connectivity index (χ1) is 9.41. The fraction of sp³-hybridized carbons (Fsp3) is 0.308. The van der Waals surface area contributed by atoms with Crippen molar-refractivity contribution in [3.63, 3.8) is 0 Å². The molecule has 0 bridgehead atoms. The highest BCUT2D eigenvalue weighted by Gasteiger charge is 2.48. The molecule has 2 rings (SSSR count). The first-order valence-corrected chi connectivity index (χ1v) is 5.94. The molecule has 1 aliphatic heterocycles. The molecule has 1 aromatic rings. The molecular weight excluding hydrogens is 266 g/mol. The molecule has 0 saturated carbocycles. The highest BCUT2D eigenvalue weighted by Crippen LogP contribution is 2.39. The van der Waals surface area contributed by atoms with Crippen LogP contribution < -0.4 is 5.32 Å². The van der Waals surface area contributed by atoms with Gasteiger partial charge in [-0.15, -0.1) is 0 Å². The summed E-state index contributed by atoms with van der Waals surface area (Å²) in [6.07, 6.45) is -0.477. The van der Waals surface area contributed by atoms with Gasteiger partial charge < -0.3 is 20.6 Å². The van der Waals surface area contributed by atoms with Gasteiger partial charge in [0.2, 0.25) is 5.91 Å². The minimum atomic E-state index is -1.29. The number of amides is 1. The van der Waals surface area contributed by atoms with E-state index in [2.05, 4.69) is 5.32 Å². The summed E-state index contributed by atoms with van der Waals surface area (Å²) < 4.78 is 0. The Hall–Kier alpha value is -2.57. The molecule has 0 aliphatic carbocycles.